The van der Waals surface area contributed by atoms with Crippen LogP contribution in [-0.2, 0) is 11.2 Å². The Bertz CT molecular complexity index is 1370. The quantitative estimate of drug-likeness (QED) is 0.364. The van der Waals surface area contributed by atoms with E-state index in [0.717, 1.165) is 10.9 Å². The van der Waals surface area contributed by atoms with Crippen molar-refractivity contribution in [2.24, 2.45) is 0 Å². The molecule has 170 valence electrons. The molecule has 34 heavy (non-hydrogen) atoms. The number of amides is 2. The lowest BCUT2D eigenvalue weighted by Crippen LogP contribution is -2.42. The molecule has 1 aromatic heterocycles. The predicted octanol–water partition coefficient (Wildman–Crippen LogP) is 4.57. The summed E-state index contributed by atoms with van der Waals surface area (Å²) >= 11 is 6.03. The maximum atomic E-state index is 12.8. The van der Waals surface area contributed by atoms with E-state index < -0.39 is 17.9 Å². The zero-order chi connectivity index (χ0) is 24.1. The van der Waals surface area contributed by atoms with Crippen molar-refractivity contribution in [1.82, 2.24) is 10.3 Å². The van der Waals surface area contributed by atoms with Crippen molar-refractivity contribution in [2.45, 2.75) is 12.5 Å². The van der Waals surface area contributed by atoms with Gasteiger partial charge in [0, 0.05) is 23.7 Å². The van der Waals surface area contributed by atoms with Crippen molar-refractivity contribution >= 4 is 46.0 Å². The van der Waals surface area contributed by atoms with Crippen LogP contribution in [0.4, 0.5) is 5.69 Å². The van der Waals surface area contributed by atoms with E-state index in [1.807, 2.05) is 24.3 Å². The Morgan fingerprint density at radius 2 is 1.56 bits per heavy atom. The first-order valence-corrected chi connectivity index (χ1v) is 10.8. The average molecular weight is 474 g/mol. The lowest BCUT2D eigenvalue weighted by Gasteiger charge is -2.15. The van der Waals surface area contributed by atoms with Crippen LogP contribution >= 0.6 is 11.6 Å². The number of carboxylic acid groups (broad SMARTS) is 1. The Labute approximate surface area is 200 Å². The van der Waals surface area contributed by atoms with Crippen LogP contribution in [0, 0.1) is 0 Å². The molecule has 3 N–H and O–H groups in total. The molecular weight excluding hydrogens is 454 g/mol. The molecule has 0 radical (unpaired) electrons. The molecule has 1 heterocycles. The Balaban J connectivity index is 1.44. The number of nitrogens with one attached hydrogen (secondary N) is 2. The summed E-state index contributed by atoms with van der Waals surface area (Å²) in [7, 11) is 0. The fourth-order valence-electron chi connectivity index (χ4n) is 3.53. The van der Waals surface area contributed by atoms with Gasteiger partial charge >= 0.3 is 5.97 Å². The van der Waals surface area contributed by atoms with E-state index in [9.17, 15) is 19.5 Å². The summed E-state index contributed by atoms with van der Waals surface area (Å²) in [5, 5.41) is 15.9. The predicted molar refractivity (Wildman–Crippen MR) is 130 cm³/mol. The number of pyridine rings is 1. The summed E-state index contributed by atoms with van der Waals surface area (Å²) in [4.78, 5) is 41.2. The number of aliphatic carboxylic acids is 1. The third-order valence-electron chi connectivity index (χ3n) is 5.27. The smallest absolute Gasteiger partial charge is 0.326 e. The number of carbonyl (C=O) groups excluding carboxylic acids is 2. The van der Waals surface area contributed by atoms with E-state index in [2.05, 4.69) is 15.6 Å². The molecule has 4 rings (SSSR count). The number of carbonyl (C=O) groups is 3. The van der Waals surface area contributed by atoms with E-state index >= 15 is 0 Å². The van der Waals surface area contributed by atoms with Gasteiger partial charge in [-0.25, -0.2) is 4.79 Å². The monoisotopic (exact) mass is 473 g/mol. The van der Waals surface area contributed by atoms with Crippen LogP contribution < -0.4 is 10.6 Å². The maximum absolute atomic E-state index is 12.8. The number of rotatable bonds is 7. The van der Waals surface area contributed by atoms with Crippen LogP contribution in [-0.4, -0.2) is 33.9 Å². The normalized spacial score (nSPS) is 11.6. The van der Waals surface area contributed by atoms with Crippen LogP contribution in [0.1, 0.15) is 26.3 Å². The third kappa shape index (κ3) is 5.22. The Kier molecular flexibility index (Phi) is 6.85. The number of para-hydroxylation sites is 1. The molecule has 8 heteroatoms. The fourth-order valence-corrected chi connectivity index (χ4v) is 3.76. The zero-order valence-corrected chi connectivity index (χ0v) is 18.6. The van der Waals surface area contributed by atoms with Crippen LogP contribution in [0.5, 0.6) is 0 Å². The maximum Gasteiger partial charge on any atom is 0.326 e. The van der Waals surface area contributed by atoms with E-state index in [4.69, 9.17) is 11.6 Å². The Morgan fingerprint density at radius 1 is 0.853 bits per heavy atom. The van der Waals surface area contributed by atoms with Gasteiger partial charge in [0.2, 0.25) is 0 Å². The Morgan fingerprint density at radius 3 is 2.29 bits per heavy atom. The molecule has 0 saturated heterocycles. The van der Waals surface area contributed by atoms with E-state index in [0.29, 0.717) is 16.8 Å². The zero-order valence-electron chi connectivity index (χ0n) is 17.9. The van der Waals surface area contributed by atoms with E-state index in [-0.39, 0.29) is 22.9 Å². The summed E-state index contributed by atoms with van der Waals surface area (Å²) in [5.41, 5.74) is 2.67. The van der Waals surface area contributed by atoms with Gasteiger partial charge in [0.1, 0.15) is 6.04 Å². The molecule has 4 aromatic rings. The van der Waals surface area contributed by atoms with Crippen LogP contribution in [0.2, 0.25) is 5.02 Å². The van der Waals surface area contributed by atoms with Gasteiger partial charge in [-0.2, -0.15) is 0 Å². The summed E-state index contributed by atoms with van der Waals surface area (Å²) in [5.74, 6) is -2.00. The van der Waals surface area contributed by atoms with Crippen molar-refractivity contribution in [3.8, 4) is 0 Å². The molecule has 7 nitrogen and oxygen atoms in total. The number of fused-ring (bicyclic) bond motifs is 1. The van der Waals surface area contributed by atoms with Crippen molar-refractivity contribution < 1.29 is 19.5 Å². The molecule has 0 aliphatic carbocycles. The number of benzene rings is 3. The summed E-state index contributed by atoms with van der Waals surface area (Å²) in [6.07, 6.45) is 1.65. The van der Waals surface area contributed by atoms with Crippen LogP contribution in [0.25, 0.3) is 10.9 Å². The van der Waals surface area contributed by atoms with Gasteiger partial charge in [0.25, 0.3) is 11.8 Å². The number of nitrogens with zero attached hydrogens (tertiary/aromatic N) is 1. The Hall–Kier alpha value is -4.23. The first-order valence-electron chi connectivity index (χ1n) is 10.4. The lowest BCUT2D eigenvalue weighted by molar-refractivity contribution is -0.139. The second-order valence-electron chi connectivity index (χ2n) is 7.57. The lowest BCUT2D eigenvalue weighted by atomic mass is 10.0. The molecule has 0 aliphatic heterocycles. The van der Waals surface area contributed by atoms with E-state index in [1.54, 1.807) is 54.7 Å². The average Bonchev–Trinajstić information content (AvgIpc) is 2.84. The third-order valence-corrected chi connectivity index (χ3v) is 5.60. The van der Waals surface area contributed by atoms with Gasteiger partial charge in [-0.3, -0.25) is 14.6 Å². The molecule has 0 fully saturated rings. The number of hydrogen-bond donors (Lipinski definition) is 3. The molecular formula is C26H20ClN3O4. The number of anilines is 1. The van der Waals surface area contributed by atoms with Gasteiger partial charge in [-0.05, 0) is 42.0 Å². The summed E-state index contributed by atoms with van der Waals surface area (Å²) in [6, 6.07) is 21.1. The highest BCUT2D eigenvalue weighted by Gasteiger charge is 2.22. The van der Waals surface area contributed by atoms with Gasteiger partial charge in [-0.1, -0.05) is 54.1 Å². The highest BCUT2D eigenvalue weighted by molar-refractivity contribution is 6.33. The van der Waals surface area contributed by atoms with Crippen molar-refractivity contribution in [2.75, 3.05) is 5.32 Å². The molecule has 0 aliphatic rings. The van der Waals surface area contributed by atoms with Gasteiger partial charge < -0.3 is 15.7 Å². The largest absolute Gasteiger partial charge is 0.480 e. The molecule has 0 bridgehead atoms. The molecule has 3 aromatic carbocycles. The molecule has 1 atom stereocenters. The second-order valence-corrected chi connectivity index (χ2v) is 7.98. The first-order chi connectivity index (χ1) is 16.4. The van der Waals surface area contributed by atoms with Crippen molar-refractivity contribution in [3.05, 3.63) is 107 Å². The minimum absolute atomic E-state index is 0.0642. The van der Waals surface area contributed by atoms with Crippen LogP contribution in [0.15, 0.2) is 85.1 Å². The summed E-state index contributed by atoms with van der Waals surface area (Å²) in [6.45, 7) is 0. The minimum Gasteiger partial charge on any atom is -0.480 e. The van der Waals surface area contributed by atoms with Gasteiger partial charge in [0.05, 0.1) is 21.7 Å². The highest BCUT2D eigenvalue weighted by atomic mass is 35.5. The number of aromatic nitrogens is 1. The highest BCUT2D eigenvalue weighted by Crippen LogP contribution is 2.19. The molecule has 1 unspecified atom stereocenters. The number of carboxylic acids is 1. The standard InChI is InChI=1S/C26H20ClN3O4/c27-21-7-3-1-6-20(21)25(32)30-23(26(33)34)15-16-9-11-17(12-10-16)29-24(31)19-13-14-28-22-8-4-2-5-18(19)22/h1-14,23H,15H2,(H,29,31)(H,30,32)(H,33,34). The van der Waals surface area contributed by atoms with Crippen molar-refractivity contribution in [1.29, 1.82) is 0 Å². The number of halogens is 1. The van der Waals surface area contributed by atoms with Crippen molar-refractivity contribution in [3.63, 3.8) is 0 Å². The topological polar surface area (TPSA) is 108 Å². The number of hydrogen-bond acceptors (Lipinski definition) is 4. The molecule has 0 saturated carbocycles. The molecule has 0 spiro atoms. The first kappa shape index (κ1) is 22.9. The second kappa shape index (κ2) is 10.1. The fraction of sp³-hybridized carbons (Fsp3) is 0.0769. The van der Waals surface area contributed by atoms with Gasteiger partial charge in [-0.15, -0.1) is 0 Å². The van der Waals surface area contributed by atoms with Crippen LogP contribution in [0.3, 0.4) is 0 Å². The SMILES string of the molecule is O=C(NC(Cc1ccc(NC(=O)c2ccnc3ccccc23)cc1)C(=O)O)c1ccccc1Cl. The van der Waals surface area contributed by atoms with E-state index in [1.165, 1.54) is 6.07 Å². The molecule has 2 amide bonds. The van der Waals surface area contributed by atoms with Gasteiger partial charge in [0.15, 0.2) is 0 Å². The summed E-state index contributed by atoms with van der Waals surface area (Å²) < 4.78 is 0. The minimum atomic E-state index is -1.16.